The van der Waals surface area contributed by atoms with Gasteiger partial charge in [0.05, 0.1) is 11.7 Å². The lowest BCUT2D eigenvalue weighted by Gasteiger charge is -2.25. The first kappa shape index (κ1) is 21.0. The van der Waals surface area contributed by atoms with Crippen LogP contribution in [-0.2, 0) is 9.59 Å². The van der Waals surface area contributed by atoms with Crippen molar-refractivity contribution in [1.82, 2.24) is 25.0 Å². The lowest BCUT2D eigenvalue weighted by atomic mass is 10.1. The molecule has 0 bridgehead atoms. The van der Waals surface area contributed by atoms with Gasteiger partial charge >= 0.3 is 0 Å². The number of rotatable bonds is 8. The van der Waals surface area contributed by atoms with Crippen molar-refractivity contribution in [3.8, 4) is 5.69 Å². The molecule has 7 heteroatoms. The van der Waals surface area contributed by atoms with Gasteiger partial charge in [0, 0.05) is 26.1 Å². The molecule has 0 saturated carbocycles. The molecular weight excluding hydrogens is 378 g/mol. The van der Waals surface area contributed by atoms with Gasteiger partial charge in [0.2, 0.25) is 11.8 Å². The third-order valence-electron chi connectivity index (χ3n) is 4.90. The molecule has 0 radical (unpaired) electrons. The number of aromatic nitrogens is 3. The zero-order valence-corrected chi connectivity index (χ0v) is 17.1. The average molecular weight is 403 g/mol. The second-order valence-corrected chi connectivity index (χ2v) is 6.90. The summed E-state index contributed by atoms with van der Waals surface area (Å²) >= 11 is 0. The van der Waals surface area contributed by atoms with Crippen molar-refractivity contribution in [2.75, 3.05) is 13.6 Å². The third-order valence-corrected chi connectivity index (χ3v) is 4.90. The first-order valence-electron chi connectivity index (χ1n) is 9.76. The van der Waals surface area contributed by atoms with Crippen molar-refractivity contribution >= 4 is 17.9 Å². The Balaban J connectivity index is 1.46. The summed E-state index contributed by atoms with van der Waals surface area (Å²) in [7, 11) is 1.77. The molecule has 0 saturated heterocycles. The smallest absolute Gasteiger partial charge is 0.244 e. The van der Waals surface area contributed by atoms with Gasteiger partial charge in [-0.3, -0.25) is 9.59 Å². The Kier molecular flexibility index (Phi) is 7.10. The molecule has 0 fully saturated rings. The number of amides is 2. The molecule has 0 aliphatic heterocycles. The summed E-state index contributed by atoms with van der Waals surface area (Å²) in [6, 6.07) is 17.3. The van der Waals surface area contributed by atoms with Crippen molar-refractivity contribution in [3.05, 3.63) is 84.5 Å². The van der Waals surface area contributed by atoms with Crippen LogP contribution in [0.5, 0.6) is 0 Å². The molecule has 1 heterocycles. The molecule has 0 unspecified atom stereocenters. The Hall–Kier alpha value is -3.74. The van der Waals surface area contributed by atoms with Crippen LogP contribution >= 0.6 is 0 Å². The van der Waals surface area contributed by atoms with Crippen LogP contribution in [0.15, 0.2) is 73.3 Å². The summed E-state index contributed by atoms with van der Waals surface area (Å²) in [6.07, 6.45) is 6.58. The molecule has 2 aromatic carbocycles. The van der Waals surface area contributed by atoms with E-state index >= 15 is 0 Å². The van der Waals surface area contributed by atoms with Gasteiger partial charge in [0.1, 0.15) is 12.7 Å². The van der Waals surface area contributed by atoms with Gasteiger partial charge in [0.15, 0.2) is 0 Å². The predicted molar refractivity (Wildman–Crippen MR) is 116 cm³/mol. The fraction of sp³-hybridized carbons (Fsp3) is 0.217. The first-order chi connectivity index (χ1) is 14.5. The SMILES string of the molecule is C[C@H](c1ccc(-n2cncn2)cc1)N(C)C(=O)CCNC(=O)/C=C/c1ccccc1. The fourth-order valence-corrected chi connectivity index (χ4v) is 2.95. The van der Waals surface area contributed by atoms with E-state index in [1.165, 1.54) is 12.4 Å². The zero-order chi connectivity index (χ0) is 21.3. The molecule has 30 heavy (non-hydrogen) atoms. The van der Waals surface area contributed by atoms with E-state index in [0.717, 1.165) is 16.8 Å². The van der Waals surface area contributed by atoms with Crippen LogP contribution in [0.2, 0.25) is 0 Å². The Labute approximate surface area is 176 Å². The molecule has 0 aliphatic rings. The zero-order valence-electron chi connectivity index (χ0n) is 17.1. The topological polar surface area (TPSA) is 80.1 Å². The molecule has 1 aromatic heterocycles. The molecule has 7 nitrogen and oxygen atoms in total. The van der Waals surface area contributed by atoms with E-state index in [9.17, 15) is 9.59 Å². The van der Waals surface area contributed by atoms with Gasteiger partial charge in [-0.25, -0.2) is 9.67 Å². The first-order valence-corrected chi connectivity index (χ1v) is 9.76. The summed E-state index contributed by atoms with van der Waals surface area (Å²) in [5.41, 5.74) is 2.88. The van der Waals surface area contributed by atoms with Crippen LogP contribution in [0.4, 0.5) is 0 Å². The number of carbonyl (C=O) groups is 2. The van der Waals surface area contributed by atoms with Crippen LogP contribution in [0.3, 0.4) is 0 Å². The Morgan fingerprint density at radius 3 is 2.53 bits per heavy atom. The second kappa shape index (κ2) is 10.2. The summed E-state index contributed by atoms with van der Waals surface area (Å²) in [6.45, 7) is 2.27. The van der Waals surface area contributed by atoms with Crippen molar-refractivity contribution in [2.45, 2.75) is 19.4 Å². The number of hydrogen-bond acceptors (Lipinski definition) is 4. The minimum absolute atomic E-state index is 0.0322. The minimum atomic E-state index is -0.217. The lowest BCUT2D eigenvalue weighted by Crippen LogP contribution is -2.33. The van der Waals surface area contributed by atoms with Crippen molar-refractivity contribution in [2.24, 2.45) is 0 Å². The molecule has 2 amide bonds. The average Bonchev–Trinajstić information content (AvgIpc) is 3.32. The van der Waals surface area contributed by atoms with E-state index in [2.05, 4.69) is 15.4 Å². The van der Waals surface area contributed by atoms with Gasteiger partial charge in [-0.2, -0.15) is 5.10 Å². The van der Waals surface area contributed by atoms with E-state index in [-0.39, 0.29) is 24.3 Å². The van der Waals surface area contributed by atoms with Crippen LogP contribution in [0.1, 0.15) is 30.5 Å². The van der Waals surface area contributed by atoms with Gasteiger partial charge in [-0.15, -0.1) is 0 Å². The maximum absolute atomic E-state index is 12.5. The lowest BCUT2D eigenvalue weighted by molar-refractivity contribution is -0.131. The van der Waals surface area contributed by atoms with Crippen LogP contribution < -0.4 is 5.32 Å². The third kappa shape index (κ3) is 5.64. The summed E-state index contributed by atoms with van der Waals surface area (Å²) < 4.78 is 1.68. The van der Waals surface area contributed by atoms with Crippen LogP contribution in [0, 0.1) is 0 Å². The number of nitrogens with zero attached hydrogens (tertiary/aromatic N) is 4. The summed E-state index contributed by atoms with van der Waals surface area (Å²) in [5, 5.41) is 6.86. The molecular formula is C23H25N5O2. The number of benzene rings is 2. The Morgan fingerprint density at radius 1 is 1.13 bits per heavy atom. The molecule has 1 atom stereocenters. The van der Waals surface area contributed by atoms with Gasteiger partial charge in [0.25, 0.3) is 0 Å². The van der Waals surface area contributed by atoms with Crippen molar-refractivity contribution in [1.29, 1.82) is 0 Å². The van der Waals surface area contributed by atoms with Crippen molar-refractivity contribution in [3.63, 3.8) is 0 Å². The van der Waals surface area contributed by atoms with Crippen LogP contribution in [-0.4, -0.2) is 45.1 Å². The second-order valence-electron chi connectivity index (χ2n) is 6.90. The molecule has 0 spiro atoms. The molecule has 1 N–H and O–H groups in total. The van der Waals surface area contributed by atoms with Gasteiger partial charge < -0.3 is 10.2 Å². The number of nitrogens with one attached hydrogen (secondary N) is 1. The highest BCUT2D eigenvalue weighted by molar-refractivity contribution is 5.92. The van der Waals surface area contributed by atoms with E-state index in [1.54, 1.807) is 29.0 Å². The normalized spacial score (nSPS) is 11.9. The summed E-state index contributed by atoms with van der Waals surface area (Å²) in [5.74, 6) is -0.249. The Bertz CT molecular complexity index is 982. The quantitative estimate of drug-likeness (QED) is 0.587. The predicted octanol–water partition coefficient (Wildman–Crippen LogP) is 3.01. The molecule has 154 valence electrons. The van der Waals surface area contributed by atoms with Crippen molar-refractivity contribution < 1.29 is 9.59 Å². The highest BCUT2D eigenvalue weighted by atomic mass is 16.2. The van der Waals surface area contributed by atoms with Crippen LogP contribution in [0.25, 0.3) is 11.8 Å². The maximum Gasteiger partial charge on any atom is 0.244 e. The van der Waals surface area contributed by atoms with Gasteiger partial charge in [-0.05, 0) is 36.3 Å². The Morgan fingerprint density at radius 2 is 1.87 bits per heavy atom. The highest BCUT2D eigenvalue weighted by Crippen LogP contribution is 2.20. The maximum atomic E-state index is 12.5. The number of hydrogen-bond donors (Lipinski definition) is 1. The van der Waals surface area contributed by atoms with E-state index in [4.69, 9.17) is 0 Å². The number of carbonyl (C=O) groups excluding carboxylic acids is 2. The molecule has 3 rings (SSSR count). The fourth-order valence-electron chi connectivity index (χ4n) is 2.95. The molecule has 3 aromatic rings. The minimum Gasteiger partial charge on any atom is -0.352 e. The standard InChI is InChI=1S/C23H25N5O2/c1-18(20-9-11-21(12-10-20)28-17-24-16-26-28)27(2)23(30)14-15-25-22(29)13-8-19-6-4-3-5-7-19/h3-13,16-18H,14-15H2,1-2H3,(H,25,29)/b13-8+/t18-/m1/s1. The highest BCUT2D eigenvalue weighted by Gasteiger charge is 2.17. The largest absolute Gasteiger partial charge is 0.352 e. The van der Waals surface area contributed by atoms with E-state index in [1.807, 2.05) is 61.5 Å². The van der Waals surface area contributed by atoms with E-state index < -0.39 is 0 Å². The summed E-state index contributed by atoms with van der Waals surface area (Å²) in [4.78, 5) is 30.1. The van der Waals surface area contributed by atoms with Gasteiger partial charge in [-0.1, -0.05) is 42.5 Å². The molecule has 0 aliphatic carbocycles. The van der Waals surface area contributed by atoms with E-state index in [0.29, 0.717) is 6.54 Å². The monoisotopic (exact) mass is 403 g/mol.